The molecule has 1 aliphatic rings. The summed E-state index contributed by atoms with van der Waals surface area (Å²) in [5.74, 6) is -0.531. The number of ether oxygens (including phenoxy) is 1. The number of nitrogens with one attached hydrogen (secondary N) is 1. The summed E-state index contributed by atoms with van der Waals surface area (Å²) in [5, 5.41) is 2.86. The fourth-order valence-corrected chi connectivity index (χ4v) is 2.27. The molecule has 0 spiro atoms. The molecule has 1 heterocycles. The second-order valence-electron chi connectivity index (χ2n) is 5.19. The van der Waals surface area contributed by atoms with Crippen LogP contribution in [0.15, 0.2) is 18.2 Å². The van der Waals surface area contributed by atoms with Gasteiger partial charge in [-0.1, -0.05) is 0 Å². The molecule has 1 amide bonds. The lowest BCUT2D eigenvalue weighted by atomic mass is 10.1. The summed E-state index contributed by atoms with van der Waals surface area (Å²) in [6.07, 6.45) is 0. The number of nitrogens with two attached hydrogens (primary N) is 1. The lowest BCUT2D eigenvalue weighted by molar-refractivity contribution is -0.125. The fourth-order valence-electron chi connectivity index (χ4n) is 2.27. The molecule has 1 atom stereocenters. The molecule has 1 unspecified atom stereocenters. The number of nitrogens with zero attached hydrogens (tertiary/aromatic N) is 1. The minimum absolute atomic E-state index is 0.0452. The van der Waals surface area contributed by atoms with Crippen molar-refractivity contribution in [3.05, 3.63) is 24.0 Å². The zero-order valence-corrected chi connectivity index (χ0v) is 11.7. The normalized spacial score (nSPS) is 19.2. The van der Waals surface area contributed by atoms with Gasteiger partial charge >= 0.3 is 0 Å². The van der Waals surface area contributed by atoms with Crippen LogP contribution < -0.4 is 16.0 Å². The summed E-state index contributed by atoms with van der Waals surface area (Å²) in [6, 6.07) is 3.89. The second kappa shape index (κ2) is 6.09. The average molecular weight is 281 g/mol. The van der Waals surface area contributed by atoms with Crippen molar-refractivity contribution in [1.82, 2.24) is 5.32 Å². The Hall–Kier alpha value is -1.82. The van der Waals surface area contributed by atoms with Gasteiger partial charge in [-0.25, -0.2) is 4.39 Å². The minimum Gasteiger partial charge on any atom is -0.399 e. The van der Waals surface area contributed by atoms with E-state index in [4.69, 9.17) is 10.5 Å². The van der Waals surface area contributed by atoms with Crippen LogP contribution in [0.1, 0.15) is 13.8 Å². The molecular formula is C14H20FN3O2. The predicted octanol–water partition coefficient (Wildman–Crippen LogP) is 1.14. The van der Waals surface area contributed by atoms with Crippen molar-refractivity contribution >= 4 is 17.3 Å². The van der Waals surface area contributed by atoms with E-state index in [1.807, 2.05) is 18.7 Å². The van der Waals surface area contributed by atoms with Crippen molar-refractivity contribution in [3.8, 4) is 0 Å². The van der Waals surface area contributed by atoms with Gasteiger partial charge in [-0.3, -0.25) is 4.79 Å². The first kappa shape index (κ1) is 14.6. The highest BCUT2D eigenvalue weighted by molar-refractivity contribution is 5.86. The Morgan fingerprint density at radius 3 is 2.90 bits per heavy atom. The Kier molecular flexibility index (Phi) is 4.44. The molecule has 0 aliphatic carbocycles. The topological polar surface area (TPSA) is 67.6 Å². The zero-order chi connectivity index (χ0) is 14.7. The monoisotopic (exact) mass is 281 g/mol. The predicted molar refractivity (Wildman–Crippen MR) is 76.0 cm³/mol. The maximum atomic E-state index is 13.5. The standard InChI is InChI=1S/C14H20FN3O2/c1-9(2)17-14(19)13-8-20-4-3-18(13)12-6-10(15)5-11(16)7-12/h5-7,9,13H,3-4,8,16H2,1-2H3,(H,17,19). The summed E-state index contributed by atoms with van der Waals surface area (Å²) in [6.45, 7) is 5.11. The van der Waals surface area contributed by atoms with Crippen LogP contribution in [0.5, 0.6) is 0 Å². The fraction of sp³-hybridized carbons (Fsp3) is 0.500. The number of hydrogen-bond donors (Lipinski definition) is 2. The highest BCUT2D eigenvalue weighted by Gasteiger charge is 2.30. The van der Waals surface area contributed by atoms with Crippen LogP contribution in [0.2, 0.25) is 0 Å². The maximum Gasteiger partial charge on any atom is 0.245 e. The average Bonchev–Trinajstić information content (AvgIpc) is 2.36. The molecule has 6 heteroatoms. The molecule has 0 saturated carbocycles. The number of carbonyl (C=O) groups excluding carboxylic acids is 1. The van der Waals surface area contributed by atoms with Crippen LogP contribution in [0.4, 0.5) is 15.8 Å². The summed E-state index contributed by atoms with van der Waals surface area (Å²) < 4.78 is 18.9. The first-order valence-electron chi connectivity index (χ1n) is 6.68. The van der Waals surface area contributed by atoms with Gasteiger partial charge in [0.2, 0.25) is 5.91 Å². The van der Waals surface area contributed by atoms with Crippen LogP contribution in [-0.2, 0) is 9.53 Å². The van der Waals surface area contributed by atoms with E-state index >= 15 is 0 Å². The Morgan fingerprint density at radius 1 is 1.50 bits per heavy atom. The molecule has 0 aromatic heterocycles. The smallest absolute Gasteiger partial charge is 0.245 e. The number of carbonyl (C=O) groups is 1. The van der Waals surface area contributed by atoms with Crippen LogP contribution in [0, 0.1) is 5.82 Å². The van der Waals surface area contributed by atoms with E-state index in [0.717, 1.165) is 0 Å². The van der Waals surface area contributed by atoms with Crippen LogP contribution in [0.25, 0.3) is 0 Å². The molecule has 1 aromatic rings. The Morgan fingerprint density at radius 2 is 2.25 bits per heavy atom. The van der Waals surface area contributed by atoms with Crippen molar-refractivity contribution in [2.75, 3.05) is 30.4 Å². The highest BCUT2D eigenvalue weighted by Crippen LogP contribution is 2.24. The van der Waals surface area contributed by atoms with Gasteiger partial charge in [-0.15, -0.1) is 0 Å². The lowest BCUT2D eigenvalue weighted by Gasteiger charge is -2.36. The Bertz CT molecular complexity index is 473. The molecule has 110 valence electrons. The molecule has 1 fully saturated rings. The Labute approximate surface area is 117 Å². The van der Waals surface area contributed by atoms with Gasteiger partial charge in [0.25, 0.3) is 0 Å². The van der Waals surface area contributed by atoms with Gasteiger partial charge in [-0.2, -0.15) is 0 Å². The van der Waals surface area contributed by atoms with Crippen molar-refractivity contribution in [1.29, 1.82) is 0 Å². The molecule has 1 aromatic carbocycles. The number of amides is 1. The number of halogens is 1. The first-order chi connectivity index (χ1) is 9.47. The second-order valence-corrected chi connectivity index (χ2v) is 5.19. The highest BCUT2D eigenvalue weighted by atomic mass is 19.1. The van der Waals surface area contributed by atoms with Crippen LogP contribution >= 0.6 is 0 Å². The summed E-state index contributed by atoms with van der Waals surface area (Å²) >= 11 is 0. The molecular weight excluding hydrogens is 261 g/mol. The third-order valence-corrected chi connectivity index (χ3v) is 3.10. The van der Waals surface area contributed by atoms with Crippen molar-refractivity contribution in [3.63, 3.8) is 0 Å². The van der Waals surface area contributed by atoms with E-state index in [9.17, 15) is 9.18 Å². The molecule has 5 nitrogen and oxygen atoms in total. The van der Waals surface area contributed by atoms with Gasteiger partial charge in [0.15, 0.2) is 0 Å². The SMILES string of the molecule is CC(C)NC(=O)C1COCCN1c1cc(N)cc(F)c1. The van der Waals surface area contributed by atoms with E-state index in [2.05, 4.69) is 5.32 Å². The van der Waals surface area contributed by atoms with Gasteiger partial charge in [0, 0.05) is 24.0 Å². The van der Waals surface area contributed by atoms with Gasteiger partial charge in [0.05, 0.1) is 13.2 Å². The van der Waals surface area contributed by atoms with Crippen molar-refractivity contribution < 1.29 is 13.9 Å². The third-order valence-electron chi connectivity index (χ3n) is 3.10. The van der Waals surface area contributed by atoms with Crippen molar-refractivity contribution in [2.45, 2.75) is 25.9 Å². The zero-order valence-electron chi connectivity index (χ0n) is 11.7. The molecule has 0 radical (unpaired) electrons. The molecule has 1 aliphatic heterocycles. The number of hydrogen-bond acceptors (Lipinski definition) is 4. The maximum absolute atomic E-state index is 13.5. The van der Waals surface area contributed by atoms with Gasteiger partial charge in [-0.05, 0) is 32.0 Å². The number of nitrogen functional groups attached to an aromatic ring is 1. The Balaban J connectivity index is 2.24. The number of benzene rings is 1. The molecule has 0 bridgehead atoms. The first-order valence-corrected chi connectivity index (χ1v) is 6.68. The van der Waals surface area contributed by atoms with E-state index in [0.29, 0.717) is 24.5 Å². The van der Waals surface area contributed by atoms with Gasteiger partial charge < -0.3 is 20.7 Å². The van der Waals surface area contributed by atoms with E-state index < -0.39 is 11.9 Å². The molecule has 3 N–H and O–H groups in total. The number of morpholine rings is 1. The number of rotatable bonds is 3. The minimum atomic E-state index is -0.465. The lowest BCUT2D eigenvalue weighted by Crippen LogP contribution is -2.55. The van der Waals surface area contributed by atoms with Crippen LogP contribution in [0.3, 0.4) is 0 Å². The van der Waals surface area contributed by atoms with Crippen LogP contribution in [-0.4, -0.2) is 37.7 Å². The largest absolute Gasteiger partial charge is 0.399 e. The van der Waals surface area contributed by atoms with Crippen molar-refractivity contribution in [2.24, 2.45) is 0 Å². The summed E-state index contributed by atoms with van der Waals surface area (Å²) in [5.41, 5.74) is 6.62. The molecule has 20 heavy (non-hydrogen) atoms. The quantitative estimate of drug-likeness (QED) is 0.815. The number of anilines is 2. The third kappa shape index (κ3) is 3.39. The van der Waals surface area contributed by atoms with Gasteiger partial charge in [0.1, 0.15) is 11.9 Å². The van der Waals surface area contributed by atoms with E-state index in [1.54, 1.807) is 6.07 Å². The molecule has 2 rings (SSSR count). The van der Waals surface area contributed by atoms with E-state index in [-0.39, 0.29) is 18.6 Å². The molecule has 1 saturated heterocycles. The van der Waals surface area contributed by atoms with E-state index in [1.165, 1.54) is 12.1 Å². The summed E-state index contributed by atoms with van der Waals surface area (Å²) in [7, 11) is 0. The summed E-state index contributed by atoms with van der Waals surface area (Å²) in [4.78, 5) is 14.0.